The molecule has 0 spiro atoms. The van der Waals surface area contributed by atoms with E-state index in [2.05, 4.69) is 20.4 Å². The van der Waals surface area contributed by atoms with Crippen LogP contribution in [0.25, 0.3) is 0 Å². The van der Waals surface area contributed by atoms with Crippen molar-refractivity contribution in [2.45, 2.75) is 84.7 Å². The molecule has 0 bridgehead atoms. The Bertz CT molecular complexity index is 581. The molecule has 4 saturated carbocycles. The van der Waals surface area contributed by atoms with Crippen molar-refractivity contribution in [3.05, 3.63) is 12.2 Å². The standard InChI is InChI=1S/C23H36O2/c1-14(2)19-7-8-21-18-6-5-16-13-17(25)9-11-22(16,4)20(18)10-12-23(19,21)15(3)24/h16-21,25H,1,5-13H2,2-4H3/t16-,17+,18+,19?,20-,21-,22-,23-/m0/s1. The van der Waals surface area contributed by atoms with E-state index in [9.17, 15) is 9.90 Å². The van der Waals surface area contributed by atoms with E-state index < -0.39 is 0 Å². The largest absolute Gasteiger partial charge is 0.393 e. The van der Waals surface area contributed by atoms with Gasteiger partial charge in [-0.2, -0.15) is 0 Å². The van der Waals surface area contributed by atoms with Gasteiger partial charge in [0.25, 0.3) is 0 Å². The molecule has 0 aliphatic heterocycles. The van der Waals surface area contributed by atoms with Gasteiger partial charge in [0, 0.05) is 5.41 Å². The van der Waals surface area contributed by atoms with Gasteiger partial charge in [-0.3, -0.25) is 4.79 Å². The first-order valence-electron chi connectivity index (χ1n) is 10.6. The van der Waals surface area contributed by atoms with Crippen LogP contribution in [0.15, 0.2) is 12.2 Å². The van der Waals surface area contributed by atoms with E-state index in [0.29, 0.717) is 29.0 Å². The second-order valence-corrected chi connectivity index (χ2v) is 10.2. The zero-order valence-corrected chi connectivity index (χ0v) is 16.4. The minimum absolute atomic E-state index is 0.0752. The lowest BCUT2D eigenvalue weighted by atomic mass is 9.44. The average molecular weight is 345 g/mol. The van der Waals surface area contributed by atoms with E-state index >= 15 is 0 Å². The van der Waals surface area contributed by atoms with E-state index in [1.54, 1.807) is 0 Å². The summed E-state index contributed by atoms with van der Waals surface area (Å²) in [5, 5.41) is 10.2. The number of Topliss-reactive ketones (excluding diaryl/α,β-unsaturated/α-hetero) is 1. The summed E-state index contributed by atoms with van der Waals surface area (Å²) in [7, 11) is 0. The van der Waals surface area contributed by atoms with Crippen molar-refractivity contribution in [3.63, 3.8) is 0 Å². The molecule has 25 heavy (non-hydrogen) atoms. The van der Waals surface area contributed by atoms with Crippen molar-refractivity contribution in [2.75, 3.05) is 0 Å². The maximum atomic E-state index is 12.9. The average Bonchev–Trinajstić information content (AvgIpc) is 2.96. The van der Waals surface area contributed by atoms with Crippen LogP contribution in [0.5, 0.6) is 0 Å². The first-order valence-corrected chi connectivity index (χ1v) is 10.6. The van der Waals surface area contributed by atoms with Gasteiger partial charge in [0.15, 0.2) is 0 Å². The Morgan fingerprint density at radius 2 is 1.76 bits per heavy atom. The summed E-state index contributed by atoms with van der Waals surface area (Å²) >= 11 is 0. The van der Waals surface area contributed by atoms with Crippen LogP contribution in [0.1, 0.15) is 78.6 Å². The Morgan fingerprint density at radius 1 is 1.00 bits per heavy atom. The monoisotopic (exact) mass is 344 g/mol. The number of rotatable bonds is 2. The number of hydrogen-bond acceptors (Lipinski definition) is 2. The fourth-order valence-electron chi connectivity index (χ4n) is 8.28. The molecular weight excluding hydrogens is 308 g/mol. The van der Waals surface area contributed by atoms with Gasteiger partial charge in [-0.1, -0.05) is 19.1 Å². The van der Waals surface area contributed by atoms with Crippen molar-refractivity contribution >= 4 is 5.78 Å². The Kier molecular flexibility index (Phi) is 4.22. The van der Waals surface area contributed by atoms with Gasteiger partial charge < -0.3 is 5.11 Å². The number of hydrogen-bond donors (Lipinski definition) is 1. The lowest BCUT2D eigenvalue weighted by Crippen LogP contribution is -2.56. The van der Waals surface area contributed by atoms with Crippen LogP contribution >= 0.6 is 0 Å². The lowest BCUT2D eigenvalue weighted by molar-refractivity contribution is -0.152. The highest BCUT2D eigenvalue weighted by molar-refractivity contribution is 5.84. The van der Waals surface area contributed by atoms with Crippen LogP contribution in [-0.4, -0.2) is 17.0 Å². The predicted octanol–water partition coefficient (Wildman–Crippen LogP) is 5.15. The predicted molar refractivity (Wildman–Crippen MR) is 101 cm³/mol. The second-order valence-electron chi connectivity index (χ2n) is 10.2. The van der Waals surface area contributed by atoms with Crippen LogP contribution in [-0.2, 0) is 4.79 Å². The fraction of sp³-hybridized carbons (Fsp3) is 0.870. The molecule has 4 fully saturated rings. The van der Waals surface area contributed by atoms with Crippen LogP contribution in [0, 0.1) is 40.4 Å². The number of fused-ring (bicyclic) bond motifs is 5. The Balaban J connectivity index is 1.67. The van der Waals surface area contributed by atoms with Crippen molar-refractivity contribution < 1.29 is 9.90 Å². The molecule has 4 aliphatic rings. The highest BCUT2D eigenvalue weighted by atomic mass is 16.3. The molecule has 0 radical (unpaired) electrons. The summed E-state index contributed by atoms with van der Waals surface area (Å²) in [6, 6.07) is 0. The fourth-order valence-corrected chi connectivity index (χ4v) is 8.28. The Hall–Kier alpha value is -0.630. The molecule has 0 aromatic carbocycles. The molecule has 4 aliphatic carbocycles. The lowest BCUT2D eigenvalue weighted by Gasteiger charge is -2.61. The number of ketones is 1. The van der Waals surface area contributed by atoms with Crippen LogP contribution in [0.2, 0.25) is 0 Å². The summed E-state index contributed by atoms with van der Waals surface area (Å²) < 4.78 is 0. The van der Waals surface area contributed by atoms with Gasteiger partial charge in [-0.15, -0.1) is 0 Å². The second kappa shape index (κ2) is 5.94. The topological polar surface area (TPSA) is 37.3 Å². The van der Waals surface area contributed by atoms with Gasteiger partial charge in [0.1, 0.15) is 5.78 Å². The third-order valence-corrected chi connectivity index (χ3v) is 9.40. The first-order chi connectivity index (χ1) is 11.8. The molecule has 0 aromatic heterocycles. The Morgan fingerprint density at radius 3 is 2.44 bits per heavy atom. The summed E-state index contributed by atoms with van der Waals surface area (Å²) in [4.78, 5) is 12.9. The molecule has 4 rings (SSSR count). The normalized spacial score (nSPS) is 52.0. The maximum absolute atomic E-state index is 12.9. The van der Waals surface area contributed by atoms with E-state index in [1.165, 1.54) is 44.1 Å². The van der Waals surface area contributed by atoms with E-state index in [4.69, 9.17) is 0 Å². The molecular formula is C23H36O2. The molecule has 0 aromatic rings. The van der Waals surface area contributed by atoms with Gasteiger partial charge in [0.2, 0.25) is 0 Å². The number of carbonyl (C=O) groups is 1. The number of carbonyl (C=O) groups excluding carboxylic acids is 1. The zero-order valence-electron chi connectivity index (χ0n) is 16.4. The molecule has 0 saturated heterocycles. The number of allylic oxidation sites excluding steroid dienone is 1. The van der Waals surface area contributed by atoms with Crippen molar-refractivity contribution in [1.82, 2.24) is 0 Å². The summed E-state index contributed by atoms with van der Waals surface area (Å²) in [5.41, 5.74) is 1.52. The molecule has 1 unspecified atom stereocenters. The van der Waals surface area contributed by atoms with Crippen LogP contribution in [0.3, 0.4) is 0 Å². The highest BCUT2D eigenvalue weighted by Gasteiger charge is 2.63. The van der Waals surface area contributed by atoms with Gasteiger partial charge in [-0.05, 0) is 107 Å². The van der Waals surface area contributed by atoms with Crippen molar-refractivity contribution in [1.29, 1.82) is 0 Å². The van der Waals surface area contributed by atoms with Crippen LogP contribution < -0.4 is 0 Å². The quantitative estimate of drug-likeness (QED) is 0.703. The summed E-state index contributed by atoms with van der Waals surface area (Å²) in [6.07, 6.45) is 10.3. The molecule has 2 nitrogen and oxygen atoms in total. The third-order valence-electron chi connectivity index (χ3n) is 9.40. The summed E-state index contributed by atoms with van der Waals surface area (Å²) in [6.45, 7) is 10.8. The zero-order chi connectivity index (χ0) is 18.0. The van der Waals surface area contributed by atoms with E-state index in [-0.39, 0.29) is 11.5 Å². The van der Waals surface area contributed by atoms with Gasteiger partial charge in [-0.25, -0.2) is 0 Å². The number of aliphatic hydroxyl groups excluding tert-OH is 1. The van der Waals surface area contributed by atoms with Crippen molar-refractivity contribution in [3.8, 4) is 0 Å². The van der Waals surface area contributed by atoms with Gasteiger partial charge in [0.05, 0.1) is 6.10 Å². The van der Waals surface area contributed by atoms with E-state index in [1.807, 2.05) is 6.92 Å². The summed E-state index contributed by atoms with van der Waals surface area (Å²) in [5.74, 6) is 3.61. The maximum Gasteiger partial charge on any atom is 0.136 e. The molecule has 1 N–H and O–H groups in total. The molecule has 0 heterocycles. The first kappa shape index (κ1) is 17.8. The number of aliphatic hydroxyl groups is 1. The van der Waals surface area contributed by atoms with Gasteiger partial charge >= 0.3 is 0 Å². The Labute approximate surface area is 153 Å². The minimum atomic E-state index is -0.107. The third kappa shape index (κ3) is 2.35. The smallest absolute Gasteiger partial charge is 0.136 e. The minimum Gasteiger partial charge on any atom is -0.393 e. The molecule has 2 heteroatoms. The molecule has 0 amide bonds. The highest BCUT2D eigenvalue weighted by Crippen LogP contribution is 2.68. The SMILES string of the molecule is C=C(C)C1CC[C@H]2[C@@H]3CC[C@H]4C[C@H](O)CC[C@]4(C)[C@H]3CC[C@]12C(C)=O. The van der Waals surface area contributed by atoms with Crippen molar-refractivity contribution in [2.24, 2.45) is 40.4 Å². The van der Waals surface area contributed by atoms with E-state index in [0.717, 1.165) is 31.1 Å². The van der Waals surface area contributed by atoms with Crippen LogP contribution in [0.4, 0.5) is 0 Å². The molecule has 8 atom stereocenters. The molecule has 140 valence electrons.